The maximum atomic E-state index is 13.6. The smallest absolute Gasteiger partial charge is 0.230 e. The van der Waals surface area contributed by atoms with Gasteiger partial charge in [0.25, 0.3) is 0 Å². The molecule has 0 aliphatic heterocycles. The molecule has 0 amide bonds. The SMILES string of the molecule is CCc1ccc(C)[n+](CC(=O)c2ccccc2F)c1. The van der Waals surface area contributed by atoms with Crippen molar-refractivity contribution >= 4 is 5.78 Å². The van der Waals surface area contributed by atoms with E-state index in [1.807, 2.05) is 29.8 Å². The van der Waals surface area contributed by atoms with E-state index < -0.39 is 5.82 Å². The lowest BCUT2D eigenvalue weighted by Crippen LogP contribution is -2.41. The van der Waals surface area contributed by atoms with E-state index in [1.165, 1.54) is 12.1 Å². The number of hydrogen-bond donors (Lipinski definition) is 0. The molecular formula is C16H17FNO+. The molecule has 0 radical (unpaired) electrons. The highest BCUT2D eigenvalue weighted by Crippen LogP contribution is 2.07. The molecule has 0 atom stereocenters. The fourth-order valence-corrected chi connectivity index (χ4v) is 1.98. The highest BCUT2D eigenvalue weighted by atomic mass is 19.1. The molecule has 0 aliphatic carbocycles. The topological polar surface area (TPSA) is 20.9 Å². The Balaban J connectivity index is 2.26. The van der Waals surface area contributed by atoms with Crippen LogP contribution >= 0.6 is 0 Å². The third kappa shape index (κ3) is 3.05. The van der Waals surface area contributed by atoms with E-state index in [1.54, 1.807) is 12.1 Å². The summed E-state index contributed by atoms with van der Waals surface area (Å²) in [5, 5.41) is 0. The molecule has 98 valence electrons. The molecule has 1 heterocycles. The minimum absolute atomic E-state index is 0.149. The molecule has 1 aromatic carbocycles. The first-order valence-electron chi connectivity index (χ1n) is 6.38. The fraction of sp³-hybridized carbons (Fsp3) is 0.250. The average molecular weight is 258 g/mol. The lowest BCUT2D eigenvalue weighted by Gasteiger charge is -2.03. The van der Waals surface area contributed by atoms with Gasteiger partial charge in [0.2, 0.25) is 12.3 Å². The summed E-state index contributed by atoms with van der Waals surface area (Å²) in [7, 11) is 0. The van der Waals surface area contributed by atoms with E-state index in [0.717, 1.165) is 17.7 Å². The van der Waals surface area contributed by atoms with Gasteiger partial charge in [-0.05, 0) is 24.6 Å². The highest BCUT2D eigenvalue weighted by molar-refractivity contribution is 5.95. The minimum atomic E-state index is -0.461. The van der Waals surface area contributed by atoms with Crippen molar-refractivity contribution < 1.29 is 13.8 Å². The van der Waals surface area contributed by atoms with Crippen molar-refractivity contribution in [3.8, 4) is 0 Å². The Hall–Kier alpha value is -2.03. The third-order valence-corrected chi connectivity index (χ3v) is 3.21. The number of carbonyl (C=O) groups is 1. The summed E-state index contributed by atoms with van der Waals surface area (Å²) < 4.78 is 15.4. The van der Waals surface area contributed by atoms with Gasteiger partial charge in [-0.25, -0.2) is 4.39 Å². The summed E-state index contributed by atoms with van der Waals surface area (Å²) in [6.45, 7) is 4.17. The lowest BCUT2D eigenvalue weighted by atomic mass is 10.1. The second-order valence-corrected chi connectivity index (χ2v) is 4.56. The quantitative estimate of drug-likeness (QED) is 0.610. The molecule has 0 aliphatic rings. The first kappa shape index (κ1) is 13.4. The zero-order valence-corrected chi connectivity index (χ0v) is 11.2. The number of halogens is 1. The van der Waals surface area contributed by atoms with Gasteiger partial charge in [-0.3, -0.25) is 4.79 Å². The maximum absolute atomic E-state index is 13.6. The molecule has 3 heteroatoms. The van der Waals surface area contributed by atoms with Crippen LogP contribution in [0.25, 0.3) is 0 Å². The van der Waals surface area contributed by atoms with Crippen molar-refractivity contribution in [3.63, 3.8) is 0 Å². The van der Waals surface area contributed by atoms with E-state index in [2.05, 4.69) is 6.92 Å². The van der Waals surface area contributed by atoms with Gasteiger partial charge in [0, 0.05) is 18.6 Å². The van der Waals surface area contributed by atoms with Crippen molar-refractivity contribution in [2.24, 2.45) is 0 Å². The Kier molecular flexibility index (Phi) is 4.05. The average Bonchev–Trinajstić information content (AvgIpc) is 2.41. The second kappa shape index (κ2) is 5.74. The molecule has 0 fully saturated rings. The first-order chi connectivity index (χ1) is 9.11. The van der Waals surface area contributed by atoms with Crippen LogP contribution in [0.5, 0.6) is 0 Å². The van der Waals surface area contributed by atoms with Crippen molar-refractivity contribution in [1.29, 1.82) is 0 Å². The Morgan fingerprint density at radius 1 is 1.21 bits per heavy atom. The number of aromatic nitrogens is 1. The number of carbonyl (C=O) groups excluding carboxylic acids is 1. The van der Waals surface area contributed by atoms with E-state index in [9.17, 15) is 9.18 Å². The number of pyridine rings is 1. The molecule has 2 rings (SSSR count). The summed E-state index contributed by atoms with van der Waals surface area (Å²) in [6, 6.07) is 10.1. The van der Waals surface area contributed by atoms with E-state index >= 15 is 0 Å². The van der Waals surface area contributed by atoms with Crippen molar-refractivity contribution in [1.82, 2.24) is 0 Å². The van der Waals surface area contributed by atoms with Crippen molar-refractivity contribution in [3.05, 3.63) is 65.2 Å². The molecule has 2 nitrogen and oxygen atoms in total. The Labute approximate surface area is 112 Å². The molecular weight excluding hydrogens is 241 g/mol. The van der Waals surface area contributed by atoms with Crippen LogP contribution in [0.3, 0.4) is 0 Å². The monoisotopic (exact) mass is 258 g/mol. The summed E-state index contributed by atoms with van der Waals surface area (Å²) >= 11 is 0. The lowest BCUT2D eigenvalue weighted by molar-refractivity contribution is -0.689. The fourth-order valence-electron chi connectivity index (χ4n) is 1.98. The minimum Gasteiger partial charge on any atom is -0.287 e. The summed E-state index contributed by atoms with van der Waals surface area (Å²) in [6.07, 6.45) is 2.86. The van der Waals surface area contributed by atoms with Gasteiger partial charge in [0.05, 0.1) is 5.56 Å². The number of ketones is 1. The third-order valence-electron chi connectivity index (χ3n) is 3.21. The van der Waals surface area contributed by atoms with Gasteiger partial charge in [-0.15, -0.1) is 0 Å². The van der Waals surface area contributed by atoms with Crippen LogP contribution in [-0.4, -0.2) is 5.78 Å². The first-order valence-corrected chi connectivity index (χ1v) is 6.38. The summed E-state index contributed by atoms with van der Waals surface area (Å²) in [5.74, 6) is -0.670. The predicted molar refractivity (Wildman–Crippen MR) is 71.5 cm³/mol. The highest BCUT2D eigenvalue weighted by Gasteiger charge is 2.17. The Morgan fingerprint density at radius 2 is 1.95 bits per heavy atom. The van der Waals surface area contributed by atoms with Crippen LogP contribution in [0, 0.1) is 12.7 Å². The molecule has 19 heavy (non-hydrogen) atoms. The number of nitrogens with zero attached hydrogens (tertiary/aromatic N) is 1. The Bertz CT molecular complexity index is 607. The van der Waals surface area contributed by atoms with E-state index in [4.69, 9.17) is 0 Å². The number of aryl methyl sites for hydroxylation is 2. The maximum Gasteiger partial charge on any atom is 0.230 e. The zero-order chi connectivity index (χ0) is 13.8. The van der Waals surface area contributed by atoms with Gasteiger partial charge < -0.3 is 0 Å². The standard InChI is InChI=1S/C16H17FNO/c1-3-13-9-8-12(2)18(10-13)11-16(19)14-6-4-5-7-15(14)17/h4-10H,3,11H2,1-2H3/q+1. The van der Waals surface area contributed by atoms with Crippen LogP contribution < -0.4 is 4.57 Å². The summed E-state index contributed by atoms with van der Waals surface area (Å²) in [4.78, 5) is 12.1. The van der Waals surface area contributed by atoms with Gasteiger partial charge in [0.15, 0.2) is 11.9 Å². The van der Waals surface area contributed by atoms with Crippen LogP contribution in [0.4, 0.5) is 4.39 Å². The Morgan fingerprint density at radius 3 is 2.63 bits per heavy atom. The number of rotatable bonds is 4. The van der Waals surface area contributed by atoms with Crippen LogP contribution in [0.1, 0.15) is 28.5 Å². The van der Waals surface area contributed by atoms with Crippen molar-refractivity contribution in [2.75, 3.05) is 0 Å². The second-order valence-electron chi connectivity index (χ2n) is 4.56. The normalized spacial score (nSPS) is 10.5. The largest absolute Gasteiger partial charge is 0.287 e. The van der Waals surface area contributed by atoms with Gasteiger partial charge in [-0.1, -0.05) is 19.1 Å². The molecule has 2 aromatic rings. The number of benzene rings is 1. The van der Waals surface area contributed by atoms with Crippen molar-refractivity contribution in [2.45, 2.75) is 26.8 Å². The molecule has 1 aromatic heterocycles. The molecule has 0 saturated carbocycles. The van der Waals surface area contributed by atoms with Crippen LogP contribution in [-0.2, 0) is 13.0 Å². The van der Waals surface area contributed by atoms with Crippen LogP contribution in [0.2, 0.25) is 0 Å². The molecule has 0 unspecified atom stereocenters. The van der Waals surface area contributed by atoms with E-state index in [0.29, 0.717) is 0 Å². The molecule has 0 spiro atoms. The predicted octanol–water partition coefficient (Wildman–Crippen LogP) is 2.87. The summed E-state index contributed by atoms with van der Waals surface area (Å²) in [5.41, 5.74) is 2.30. The molecule has 0 N–H and O–H groups in total. The van der Waals surface area contributed by atoms with Gasteiger partial charge >= 0.3 is 0 Å². The van der Waals surface area contributed by atoms with Crippen LogP contribution in [0.15, 0.2) is 42.6 Å². The van der Waals surface area contributed by atoms with E-state index in [-0.39, 0.29) is 17.9 Å². The van der Waals surface area contributed by atoms with Gasteiger partial charge in [-0.2, -0.15) is 4.57 Å². The number of hydrogen-bond acceptors (Lipinski definition) is 1. The molecule has 0 saturated heterocycles. The molecule has 0 bridgehead atoms. The zero-order valence-electron chi connectivity index (χ0n) is 11.2. The number of Topliss-reactive ketones (excluding diaryl/α,β-unsaturated/α-hetero) is 1. The van der Waals surface area contributed by atoms with Gasteiger partial charge in [0.1, 0.15) is 5.82 Å².